The van der Waals surface area contributed by atoms with E-state index in [4.69, 9.17) is 4.74 Å². The molecule has 0 amide bonds. The van der Waals surface area contributed by atoms with Gasteiger partial charge in [-0.3, -0.25) is 14.6 Å². The molecule has 1 atom stereocenters. The van der Waals surface area contributed by atoms with Crippen LogP contribution in [0, 0.1) is 5.92 Å². The van der Waals surface area contributed by atoms with Crippen molar-refractivity contribution >= 4 is 47.8 Å². The molecule has 1 aliphatic rings. The Morgan fingerprint density at radius 3 is 3.16 bits per heavy atom. The lowest BCUT2D eigenvalue weighted by molar-refractivity contribution is -0.146. The summed E-state index contributed by atoms with van der Waals surface area (Å²) in [4.78, 5) is 28.4. The van der Waals surface area contributed by atoms with Gasteiger partial charge in [0.25, 0.3) is 0 Å². The summed E-state index contributed by atoms with van der Waals surface area (Å²) in [6, 6.07) is 1.66. The van der Waals surface area contributed by atoms with Crippen molar-refractivity contribution in [2.24, 2.45) is 5.92 Å². The van der Waals surface area contributed by atoms with Crippen molar-refractivity contribution < 1.29 is 14.3 Å². The Bertz CT molecular complexity index is 498. The Balaban J connectivity index is 2.37. The topological polar surface area (TPSA) is 59.5 Å². The molecule has 1 aliphatic heterocycles. The summed E-state index contributed by atoms with van der Waals surface area (Å²) < 4.78 is 6.96. The van der Waals surface area contributed by atoms with Crippen LogP contribution in [-0.2, 0) is 9.53 Å². The minimum absolute atomic E-state index is 0.177. The summed E-state index contributed by atoms with van der Waals surface area (Å²) in [7, 11) is 1.49. The second kappa shape index (κ2) is 6.56. The molecule has 0 N–H and O–H groups in total. The van der Waals surface area contributed by atoms with Gasteiger partial charge in [0.05, 0.1) is 18.5 Å². The van der Waals surface area contributed by atoms with Crippen molar-refractivity contribution in [2.75, 3.05) is 17.5 Å². The normalized spacial score (nSPS) is 18.7. The maximum absolute atomic E-state index is 12.4. The van der Waals surface area contributed by atoms with Gasteiger partial charge in [0.1, 0.15) is 5.92 Å². The van der Waals surface area contributed by atoms with Crippen LogP contribution in [0.4, 0.5) is 5.69 Å². The van der Waals surface area contributed by atoms with E-state index in [1.165, 1.54) is 9.12 Å². The molecule has 1 aromatic rings. The van der Waals surface area contributed by atoms with Crippen LogP contribution in [0.25, 0.3) is 0 Å². The summed E-state index contributed by atoms with van der Waals surface area (Å²) in [6.45, 7) is 2.64. The van der Waals surface area contributed by atoms with E-state index in [9.17, 15) is 9.59 Å². The molecule has 0 radical (unpaired) electrons. The molecule has 0 fully saturated rings. The van der Waals surface area contributed by atoms with Gasteiger partial charge in [-0.25, -0.2) is 0 Å². The van der Waals surface area contributed by atoms with Gasteiger partial charge >= 0.3 is 5.97 Å². The van der Waals surface area contributed by atoms with Crippen molar-refractivity contribution in [3.05, 3.63) is 24.0 Å². The average molecular weight is 392 g/mol. The molecule has 0 saturated heterocycles. The van der Waals surface area contributed by atoms with Crippen LogP contribution in [-0.4, -0.2) is 29.9 Å². The van der Waals surface area contributed by atoms with Crippen molar-refractivity contribution in [3.63, 3.8) is 0 Å². The maximum Gasteiger partial charge on any atom is 0.316 e. The number of carbonyl (C=O) groups excluding carboxylic acids is 2. The zero-order chi connectivity index (χ0) is 13.8. The Labute approximate surface area is 127 Å². The van der Waals surface area contributed by atoms with Gasteiger partial charge in [-0.1, -0.05) is 0 Å². The predicted octanol–water partition coefficient (Wildman–Crippen LogP) is 2.65. The number of Topliss-reactive ketones (excluding diaryl/α,β-unsaturated/α-hetero) is 1. The zero-order valence-corrected chi connectivity index (χ0v) is 13.3. The summed E-state index contributed by atoms with van der Waals surface area (Å²) in [6.07, 6.45) is 3.69. The number of fused-ring (bicyclic) bond motifs is 1. The molecule has 0 saturated carbocycles. The van der Waals surface area contributed by atoms with Crippen molar-refractivity contribution in [2.45, 2.75) is 13.3 Å². The highest BCUT2D eigenvalue weighted by atomic mass is 127. The summed E-state index contributed by atoms with van der Waals surface area (Å²) in [5, 5.41) is 0. The van der Waals surface area contributed by atoms with Crippen LogP contribution in [0.5, 0.6) is 0 Å². The van der Waals surface area contributed by atoms with Crippen molar-refractivity contribution in [1.29, 1.82) is 0 Å². The quantitative estimate of drug-likeness (QED) is 0.341. The first-order valence-corrected chi connectivity index (χ1v) is 9.21. The second-order valence-electron chi connectivity index (χ2n) is 4.02. The highest BCUT2D eigenvalue weighted by molar-refractivity contribution is 14.2. The third-order valence-corrected chi connectivity index (χ3v) is 4.90. The number of esters is 1. The molecule has 2 heterocycles. The van der Waals surface area contributed by atoms with Gasteiger partial charge in [0.2, 0.25) is 0 Å². The molecule has 0 aromatic carbocycles. The minimum Gasteiger partial charge on any atom is -0.465 e. The Morgan fingerprint density at radius 1 is 1.68 bits per heavy atom. The third kappa shape index (κ3) is 3.02. The number of halogens is 1. The Hall–Kier alpha value is -0.830. The number of aromatic nitrogens is 1. The van der Waals surface area contributed by atoms with Crippen LogP contribution in [0.3, 0.4) is 0 Å². The summed E-state index contributed by atoms with van der Waals surface area (Å²) in [5.74, 6) is -1.32. The molecular formula is C12H13IN2O3S. The first kappa shape index (κ1) is 14.6. The largest absolute Gasteiger partial charge is 0.465 e. The van der Waals surface area contributed by atoms with Gasteiger partial charge in [0, 0.05) is 48.6 Å². The van der Waals surface area contributed by atoms with E-state index in [2.05, 4.69) is 26.2 Å². The smallest absolute Gasteiger partial charge is 0.316 e. The number of carbonyl (C=O) groups is 2. The van der Waals surface area contributed by atoms with Gasteiger partial charge < -0.3 is 9.04 Å². The lowest BCUT2D eigenvalue weighted by atomic mass is 9.96. The number of hydrogen-bond donors (Lipinski definition) is 0. The number of rotatable bonds is 3. The molecule has 19 heavy (non-hydrogen) atoms. The summed E-state index contributed by atoms with van der Waals surface area (Å²) in [5.41, 5.74) is 1.30. The number of pyridine rings is 1. The highest BCUT2D eigenvalue weighted by Crippen LogP contribution is 2.35. The first-order chi connectivity index (χ1) is 9.19. The Morgan fingerprint density at radius 2 is 2.47 bits per heavy atom. The van der Waals surface area contributed by atoms with Gasteiger partial charge in [-0.05, 0) is 19.4 Å². The molecule has 0 bridgehead atoms. The maximum atomic E-state index is 12.4. The molecule has 5 nitrogen and oxygen atoms in total. The van der Waals surface area contributed by atoms with E-state index < -0.39 is 11.9 Å². The SMILES string of the molecule is CCOC(=O)C1CCN(SI)c2cnccc2C1=O. The first-order valence-electron chi connectivity index (χ1n) is 5.90. The van der Waals surface area contributed by atoms with E-state index >= 15 is 0 Å². The molecule has 7 heteroatoms. The number of anilines is 1. The van der Waals surface area contributed by atoms with Crippen LogP contribution >= 0.6 is 30.3 Å². The van der Waals surface area contributed by atoms with Crippen LogP contribution in [0.1, 0.15) is 23.7 Å². The molecule has 1 unspecified atom stereocenters. The number of hydrogen-bond acceptors (Lipinski definition) is 6. The molecular weight excluding hydrogens is 379 g/mol. The van der Waals surface area contributed by atoms with Gasteiger partial charge in [-0.2, -0.15) is 0 Å². The Kier molecular flexibility index (Phi) is 5.03. The highest BCUT2D eigenvalue weighted by Gasteiger charge is 2.34. The van der Waals surface area contributed by atoms with E-state index in [-0.39, 0.29) is 12.4 Å². The molecule has 102 valence electrons. The lowest BCUT2D eigenvalue weighted by Crippen LogP contribution is -2.26. The van der Waals surface area contributed by atoms with Crippen molar-refractivity contribution in [3.8, 4) is 0 Å². The second-order valence-corrected chi connectivity index (χ2v) is 5.78. The number of ether oxygens (including phenoxy) is 1. The fourth-order valence-electron chi connectivity index (χ4n) is 2.02. The van der Waals surface area contributed by atoms with E-state index in [0.29, 0.717) is 18.5 Å². The minimum atomic E-state index is -0.713. The van der Waals surface area contributed by atoms with Gasteiger partial charge in [0.15, 0.2) is 5.78 Å². The average Bonchev–Trinajstić information content (AvgIpc) is 2.57. The third-order valence-electron chi connectivity index (χ3n) is 2.93. The lowest BCUT2D eigenvalue weighted by Gasteiger charge is -2.18. The fraction of sp³-hybridized carbons (Fsp3) is 0.417. The van der Waals surface area contributed by atoms with E-state index in [1.54, 1.807) is 25.4 Å². The van der Waals surface area contributed by atoms with Crippen LogP contribution in [0.15, 0.2) is 18.5 Å². The predicted molar refractivity (Wildman–Crippen MR) is 82.3 cm³/mol. The van der Waals surface area contributed by atoms with Crippen molar-refractivity contribution in [1.82, 2.24) is 4.98 Å². The molecule has 1 aromatic heterocycles. The zero-order valence-electron chi connectivity index (χ0n) is 10.3. The van der Waals surface area contributed by atoms with E-state index in [1.807, 2.05) is 4.31 Å². The summed E-state index contributed by atoms with van der Waals surface area (Å²) >= 11 is 2.16. The molecule has 0 spiro atoms. The number of nitrogens with zero attached hydrogens (tertiary/aromatic N) is 2. The van der Waals surface area contributed by atoms with Crippen LogP contribution < -0.4 is 4.31 Å². The van der Waals surface area contributed by atoms with E-state index in [0.717, 1.165) is 5.69 Å². The molecule has 0 aliphatic carbocycles. The fourth-order valence-corrected chi connectivity index (χ4v) is 3.64. The standard InChI is InChI=1S/C12H13IN2O3S/c1-2-18-12(17)9-4-6-15(19-13)10-7-14-5-3-8(10)11(9)16/h3,5,7,9H,2,4,6H2,1H3. The van der Waals surface area contributed by atoms with Gasteiger partial charge in [-0.15, -0.1) is 0 Å². The molecule has 2 rings (SSSR count). The number of ketones is 1. The monoisotopic (exact) mass is 392 g/mol. The van der Waals surface area contributed by atoms with Crippen LogP contribution in [0.2, 0.25) is 0 Å².